The molecule has 0 N–H and O–H groups in total. The van der Waals surface area contributed by atoms with Gasteiger partial charge in [-0.1, -0.05) is 41.6 Å². The maximum absolute atomic E-state index is 13.0. The Labute approximate surface area is 162 Å². The Morgan fingerprint density at radius 2 is 1.93 bits per heavy atom. The number of carbonyl (C=O) groups excluding carboxylic acids is 1. The summed E-state index contributed by atoms with van der Waals surface area (Å²) in [4.78, 5) is 30.7. The number of para-hydroxylation sites is 1. The first-order chi connectivity index (χ1) is 13.0. The van der Waals surface area contributed by atoms with Gasteiger partial charge in [0.05, 0.1) is 16.2 Å². The molecule has 138 valence electrons. The highest BCUT2D eigenvalue weighted by Gasteiger charge is 2.30. The zero-order valence-corrected chi connectivity index (χ0v) is 16.5. The van der Waals surface area contributed by atoms with Crippen LogP contribution in [0.4, 0.5) is 0 Å². The molecule has 2 aromatic carbocycles. The SMILES string of the molecule is Cc1ccc(C)c(C(=O)[C@H](C)Sc2nc3ccccc3c(=O)n2C2CC2)c1. The first-order valence-corrected chi connectivity index (χ1v) is 10.1. The topological polar surface area (TPSA) is 52.0 Å². The molecule has 4 rings (SSSR count). The summed E-state index contributed by atoms with van der Waals surface area (Å²) in [6.07, 6.45) is 1.99. The molecule has 0 spiro atoms. The van der Waals surface area contributed by atoms with E-state index in [-0.39, 0.29) is 22.6 Å². The summed E-state index contributed by atoms with van der Waals surface area (Å²) in [5.41, 5.74) is 3.48. The molecule has 1 aliphatic rings. The fraction of sp³-hybridized carbons (Fsp3) is 0.318. The summed E-state index contributed by atoms with van der Waals surface area (Å²) >= 11 is 1.39. The van der Waals surface area contributed by atoms with Gasteiger partial charge in [0.1, 0.15) is 0 Å². The van der Waals surface area contributed by atoms with E-state index in [4.69, 9.17) is 4.98 Å². The van der Waals surface area contributed by atoms with Crippen LogP contribution in [0.15, 0.2) is 52.4 Å². The largest absolute Gasteiger partial charge is 0.293 e. The van der Waals surface area contributed by atoms with Gasteiger partial charge >= 0.3 is 0 Å². The first kappa shape index (κ1) is 18.0. The minimum Gasteiger partial charge on any atom is -0.293 e. The van der Waals surface area contributed by atoms with Crippen molar-refractivity contribution in [1.82, 2.24) is 9.55 Å². The Kier molecular flexibility index (Phi) is 4.64. The summed E-state index contributed by atoms with van der Waals surface area (Å²) in [5, 5.41) is 0.971. The summed E-state index contributed by atoms with van der Waals surface area (Å²) < 4.78 is 1.79. The van der Waals surface area contributed by atoms with Gasteiger partial charge in [0.2, 0.25) is 0 Å². The number of hydrogen-bond donors (Lipinski definition) is 0. The van der Waals surface area contributed by atoms with Crippen LogP contribution in [-0.4, -0.2) is 20.6 Å². The van der Waals surface area contributed by atoms with E-state index in [9.17, 15) is 9.59 Å². The lowest BCUT2D eigenvalue weighted by molar-refractivity contribution is 0.0993. The predicted octanol–water partition coefficient (Wildman–Crippen LogP) is 4.71. The van der Waals surface area contributed by atoms with Crippen LogP contribution in [0.3, 0.4) is 0 Å². The molecule has 0 amide bonds. The van der Waals surface area contributed by atoms with Crippen molar-refractivity contribution in [2.45, 2.75) is 50.1 Å². The van der Waals surface area contributed by atoms with Gasteiger partial charge in [0.25, 0.3) is 5.56 Å². The van der Waals surface area contributed by atoms with Crippen LogP contribution < -0.4 is 5.56 Å². The molecule has 1 heterocycles. The molecule has 1 aliphatic carbocycles. The Bertz CT molecular complexity index is 1100. The van der Waals surface area contributed by atoms with Gasteiger partial charge in [-0.15, -0.1) is 0 Å². The average molecular weight is 378 g/mol. The Balaban J connectivity index is 1.72. The van der Waals surface area contributed by atoms with Crippen molar-refractivity contribution in [3.63, 3.8) is 0 Å². The molecule has 0 radical (unpaired) electrons. The van der Waals surface area contributed by atoms with Crippen molar-refractivity contribution in [2.24, 2.45) is 0 Å². The van der Waals surface area contributed by atoms with E-state index < -0.39 is 0 Å². The number of rotatable bonds is 5. The van der Waals surface area contributed by atoms with Gasteiger partial charge in [-0.25, -0.2) is 4.98 Å². The van der Waals surface area contributed by atoms with E-state index in [0.717, 1.165) is 29.5 Å². The van der Waals surface area contributed by atoms with Gasteiger partial charge < -0.3 is 0 Å². The molecule has 0 aliphatic heterocycles. The van der Waals surface area contributed by atoms with Crippen LogP contribution in [0.1, 0.15) is 47.3 Å². The number of aromatic nitrogens is 2. The van der Waals surface area contributed by atoms with Crippen molar-refractivity contribution in [2.75, 3.05) is 0 Å². The van der Waals surface area contributed by atoms with Crippen LogP contribution in [0.5, 0.6) is 0 Å². The molecular formula is C22H22N2O2S. The lowest BCUT2D eigenvalue weighted by Gasteiger charge is -2.16. The number of nitrogens with zero attached hydrogens (tertiary/aromatic N) is 2. The second-order valence-electron chi connectivity index (χ2n) is 7.26. The molecular weight excluding hydrogens is 356 g/mol. The Morgan fingerprint density at radius 3 is 2.67 bits per heavy atom. The van der Waals surface area contributed by atoms with Crippen LogP contribution in [0, 0.1) is 13.8 Å². The van der Waals surface area contributed by atoms with E-state index in [1.165, 1.54) is 11.8 Å². The summed E-state index contributed by atoms with van der Waals surface area (Å²) in [6.45, 7) is 5.84. The number of ketones is 1. The first-order valence-electron chi connectivity index (χ1n) is 9.25. The summed E-state index contributed by atoms with van der Waals surface area (Å²) in [5.74, 6) is 0.0750. The molecule has 1 fully saturated rings. The Morgan fingerprint density at radius 1 is 1.19 bits per heavy atom. The fourth-order valence-electron chi connectivity index (χ4n) is 3.30. The number of hydrogen-bond acceptors (Lipinski definition) is 4. The Hall–Kier alpha value is -2.40. The maximum atomic E-state index is 13.0. The van der Waals surface area contributed by atoms with Gasteiger partial charge in [-0.3, -0.25) is 14.2 Å². The third-order valence-electron chi connectivity index (χ3n) is 5.00. The highest BCUT2D eigenvalue weighted by Crippen LogP contribution is 2.38. The minimum absolute atomic E-state index is 0.00279. The molecule has 0 saturated heterocycles. The van der Waals surface area contributed by atoms with Crippen LogP contribution >= 0.6 is 11.8 Å². The molecule has 27 heavy (non-hydrogen) atoms. The number of thioether (sulfide) groups is 1. The number of carbonyl (C=O) groups is 1. The number of Topliss-reactive ketones (excluding diaryl/α,β-unsaturated/α-hetero) is 1. The monoisotopic (exact) mass is 378 g/mol. The van der Waals surface area contributed by atoms with E-state index in [1.807, 2.05) is 63.2 Å². The van der Waals surface area contributed by atoms with E-state index in [1.54, 1.807) is 4.57 Å². The minimum atomic E-state index is -0.316. The molecule has 1 atom stereocenters. The van der Waals surface area contributed by atoms with Crippen molar-refractivity contribution in [1.29, 1.82) is 0 Å². The van der Waals surface area contributed by atoms with Crippen LogP contribution in [-0.2, 0) is 0 Å². The maximum Gasteiger partial charge on any atom is 0.262 e. The number of aryl methyl sites for hydroxylation is 2. The predicted molar refractivity (Wildman–Crippen MR) is 110 cm³/mol. The lowest BCUT2D eigenvalue weighted by Crippen LogP contribution is -2.24. The molecule has 3 aromatic rings. The second-order valence-corrected chi connectivity index (χ2v) is 8.57. The lowest BCUT2D eigenvalue weighted by atomic mass is 10.0. The van der Waals surface area contributed by atoms with E-state index in [0.29, 0.717) is 16.1 Å². The van der Waals surface area contributed by atoms with Crippen molar-refractivity contribution < 1.29 is 4.79 Å². The third kappa shape index (κ3) is 3.44. The molecule has 1 aromatic heterocycles. The normalized spacial score (nSPS) is 15.1. The van der Waals surface area contributed by atoms with Crippen molar-refractivity contribution >= 4 is 28.4 Å². The average Bonchev–Trinajstić information content (AvgIpc) is 3.48. The second kappa shape index (κ2) is 6.97. The van der Waals surface area contributed by atoms with Gasteiger partial charge in [-0.05, 0) is 57.4 Å². The van der Waals surface area contributed by atoms with E-state index in [2.05, 4.69) is 0 Å². The highest BCUT2D eigenvalue weighted by atomic mass is 32.2. The van der Waals surface area contributed by atoms with Gasteiger partial charge in [-0.2, -0.15) is 0 Å². The number of benzene rings is 2. The van der Waals surface area contributed by atoms with Crippen molar-refractivity contribution in [3.05, 3.63) is 69.5 Å². The van der Waals surface area contributed by atoms with Gasteiger partial charge in [0.15, 0.2) is 10.9 Å². The zero-order valence-electron chi connectivity index (χ0n) is 15.7. The molecule has 4 nitrogen and oxygen atoms in total. The molecule has 5 heteroatoms. The zero-order chi connectivity index (χ0) is 19.1. The fourth-order valence-corrected chi connectivity index (χ4v) is 4.34. The van der Waals surface area contributed by atoms with Crippen LogP contribution in [0.25, 0.3) is 10.9 Å². The van der Waals surface area contributed by atoms with Crippen LogP contribution in [0.2, 0.25) is 0 Å². The van der Waals surface area contributed by atoms with E-state index >= 15 is 0 Å². The quantitative estimate of drug-likeness (QED) is 0.366. The number of fused-ring (bicyclic) bond motifs is 1. The third-order valence-corrected chi connectivity index (χ3v) is 6.06. The highest BCUT2D eigenvalue weighted by molar-refractivity contribution is 8.00. The van der Waals surface area contributed by atoms with Gasteiger partial charge in [0, 0.05) is 11.6 Å². The van der Waals surface area contributed by atoms with Crippen molar-refractivity contribution in [3.8, 4) is 0 Å². The molecule has 0 unspecified atom stereocenters. The summed E-state index contributed by atoms with van der Waals surface area (Å²) in [6, 6.07) is 13.6. The smallest absolute Gasteiger partial charge is 0.262 e. The summed E-state index contributed by atoms with van der Waals surface area (Å²) in [7, 11) is 0. The molecule has 1 saturated carbocycles. The molecule has 0 bridgehead atoms. The standard InChI is InChI=1S/C22H22N2O2S/c1-13-8-9-14(2)18(12-13)20(25)15(3)27-22-23-19-7-5-4-6-17(19)21(26)24(22)16-10-11-16/h4-9,12,15-16H,10-11H2,1-3H3/t15-/m0/s1.